The van der Waals surface area contributed by atoms with Gasteiger partial charge in [-0.2, -0.15) is 0 Å². The minimum atomic E-state index is -4.35. The third-order valence-corrected chi connectivity index (χ3v) is 5.22. The first kappa shape index (κ1) is 22.0. The van der Waals surface area contributed by atoms with Crippen LogP contribution in [0.3, 0.4) is 0 Å². The van der Waals surface area contributed by atoms with Crippen LogP contribution < -0.4 is 15.6 Å². The van der Waals surface area contributed by atoms with Crippen LogP contribution in [0.25, 0.3) is 0 Å². The number of amides is 2. The molecule has 0 bridgehead atoms. The van der Waals surface area contributed by atoms with Crippen molar-refractivity contribution in [2.45, 2.75) is 31.6 Å². The fraction of sp³-hybridized carbons (Fsp3) is 0.222. The molecule has 2 aromatic carbocycles. The molecule has 0 aromatic heterocycles. The van der Waals surface area contributed by atoms with Crippen molar-refractivity contribution in [1.29, 1.82) is 0 Å². The molecule has 2 amide bonds. The lowest BCUT2D eigenvalue weighted by atomic mass is 10.1. The van der Waals surface area contributed by atoms with Gasteiger partial charge in [0.1, 0.15) is 0 Å². The summed E-state index contributed by atoms with van der Waals surface area (Å²) in [6.45, 7) is 3.71. The van der Waals surface area contributed by atoms with Crippen molar-refractivity contribution < 1.29 is 22.9 Å². The second kappa shape index (κ2) is 9.26. The van der Waals surface area contributed by atoms with E-state index in [-0.39, 0.29) is 12.8 Å². The number of nitrogens with one attached hydrogen (secondary N) is 3. The Morgan fingerprint density at radius 2 is 1.69 bits per heavy atom. The molecule has 0 saturated carbocycles. The number of carbonyl (C=O) groups is 2. The summed E-state index contributed by atoms with van der Waals surface area (Å²) in [7, 11) is -4.35. The van der Waals surface area contributed by atoms with E-state index in [1.165, 1.54) is 12.1 Å². The number of para-hydroxylation sites is 1. The van der Waals surface area contributed by atoms with E-state index in [1.807, 2.05) is 31.4 Å². The van der Waals surface area contributed by atoms with Crippen LogP contribution in [0.1, 0.15) is 24.0 Å². The molecule has 0 atom stereocenters. The smallest absolute Gasteiger partial charge is 0.289 e. The SMILES string of the molecule is Cc1ccc(C)c(NC(=O)CCC(=O)NNS(=O)(=O)c2ccccc2[N+](=O)[O-])c1. The highest BCUT2D eigenvalue weighted by Crippen LogP contribution is 2.22. The van der Waals surface area contributed by atoms with Crippen LogP contribution in [-0.4, -0.2) is 25.2 Å². The highest BCUT2D eigenvalue weighted by Gasteiger charge is 2.25. The Labute approximate surface area is 167 Å². The lowest BCUT2D eigenvalue weighted by Gasteiger charge is -2.10. The zero-order valence-corrected chi connectivity index (χ0v) is 16.6. The normalized spacial score (nSPS) is 11.0. The fourth-order valence-corrected chi connectivity index (χ4v) is 3.42. The molecule has 2 aromatic rings. The Kier molecular flexibility index (Phi) is 7.02. The molecule has 0 aliphatic heterocycles. The zero-order valence-electron chi connectivity index (χ0n) is 15.8. The van der Waals surface area contributed by atoms with E-state index < -0.39 is 37.3 Å². The Morgan fingerprint density at radius 1 is 1.03 bits per heavy atom. The highest BCUT2D eigenvalue weighted by atomic mass is 32.2. The van der Waals surface area contributed by atoms with E-state index >= 15 is 0 Å². The van der Waals surface area contributed by atoms with Gasteiger partial charge >= 0.3 is 0 Å². The predicted octanol–water partition coefficient (Wildman–Crippen LogP) is 1.94. The molecule has 3 N–H and O–H groups in total. The first-order chi connectivity index (χ1) is 13.6. The van der Waals surface area contributed by atoms with Gasteiger partial charge in [0.05, 0.1) is 4.92 Å². The number of sulfonamides is 1. The molecular weight excluding hydrogens is 400 g/mol. The summed E-state index contributed by atoms with van der Waals surface area (Å²) in [4.78, 5) is 35.2. The number of hydrazine groups is 1. The van der Waals surface area contributed by atoms with Crippen LogP contribution in [0.5, 0.6) is 0 Å². The van der Waals surface area contributed by atoms with Crippen LogP contribution in [0.4, 0.5) is 11.4 Å². The third-order valence-electron chi connectivity index (χ3n) is 3.92. The van der Waals surface area contributed by atoms with E-state index in [1.54, 1.807) is 10.9 Å². The molecule has 0 heterocycles. The number of hydrogen-bond acceptors (Lipinski definition) is 6. The van der Waals surface area contributed by atoms with Crippen LogP contribution in [0.2, 0.25) is 0 Å². The van der Waals surface area contributed by atoms with Gasteiger partial charge in [0.2, 0.25) is 11.8 Å². The van der Waals surface area contributed by atoms with E-state index in [4.69, 9.17) is 0 Å². The maximum Gasteiger partial charge on any atom is 0.289 e. The molecule has 0 aliphatic carbocycles. The minimum absolute atomic E-state index is 0.174. The number of anilines is 1. The summed E-state index contributed by atoms with van der Waals surface area (Å²) >= 11 is 0. The van der Waals surface area contributed by atoms with Crippen molar-refractivity contribution in [2.75, 3.05) is 5.32 Å². The summed E-state index contributed by atoms with van der Waals surface area (Å²) in [5.74, 6) is -1.17. The van der Waals surface area contributed by atoms with Crippen molar-refractivity contribution >= 4 is 33.2 Å². The van der Waals surface area contributed by atoms with Gasteiger partial charge in [-0.1, -0.05) is 24.3 Å². The van der Waals surface area contributed by atoms with Gasteiger partial charge in [0.15, 0.2) is 4.90 Å². The summed E-state index contributed by atoms with van der Waals surface area (Å²) < 4.78 is 24.4. The third kappa shape index (κ3) is 6.09. The maximum absolute atomic E-state index is 12.2. The molecule has 29 heavy (non-hydrogen) atoms. The van der Waals surface area contributed by atoms with Crippen molar-refractivity contribution in [2.24, 2.45) is 0 Å². The van der Waals surface area contributed by atoms with Crippen molar-refractivity contribution in [3.8, 4) is 0 Å². The average molecular weight is 420 g/mol. The van der Waals surface area contributed by atoms with Gasteiger partial charge < -0.3 is 5.32 Å². The number of aryl methyl sites for hydroxylation is 2. The minimum Gasteiger partial charge on any atom is -0.326 e. The number of hydrogen-bond donors (Lipinski definition) is 3. The molecule has 2 rings (SSSR count). The molecule has 154 valence electrons. The van der Waals surface area contributed by atoms with E-state index in [0.717, 1.165) is 23.3 Å². The lowest BCUT2D eigenvalue weighted by molar-refractivity contribution is -0.387. The number of nitrogens with zero attached hydrogens (tertiary/aromatic N) is 1. The monoisotopic (exact) mass is 420 g/mol. The van der Waals surface area contributed by atoms with Crippen LogP contribution in [0, 0.1) is 24.0 Å². The number of carbonyl (C=O) groups excluding carboxylic acids is 2. The van der Waals surface area contributed by atoms with Gasteiger partial charge in [-0.3, -0.25) is 25.1 Å². The lowest BCUT2D eigenvalue weighted by Crippen LogP contribution is -2.41. The second-order valence-corrected chi connectivity index (χ2v) is 7.90. The summed E-state index contributed by atoms with van der Waals surface area (Å²) in [6, 6.07) is 10.3. The second-order valence-electron chi connectivity index (χ2n) is 6.25. The predicted molar refractivity (Wildman–Crippen MR) is 105 cm³/mol. The largest absolute Gasteiger partial charge is 0.326 e. The quantitative estimate of drug-likeness (QED) is 0.439. The highest BCUT2D eigenvalue weighted by molar-refractivity contribution is 7.89. The van der Waals surface area contributed by atoms with E-state index in [0.29, 0.717) is 5.69 Å². The average Bonchev–Trinajstić information content (AvgIpc) is 2.67. The van der Waals surface area contributed by atoms with Gasteiger partial charge in [-0.25, -0.2) is 8.42 Å². The van der Waals surface area contributed by atoms with Crippen LogP contribution in [0.15, 0.2) is 47.4 Å². The Morgan fingerprint density at radius 3 is 2.38 bits per heavy atom. The molecule has 0 spiro atoms. The topological polar surface area (TPSA) is 148 Å². The Bertz CT molecular complexity index is 1050. The molecule has 0 saturated heterocycles. The first-order valence-corrected chi connectivity index (χ1v) is 9.99. The maximum atomic E-state index is 12.2. The van der Waals surface area contributed by atoms with Crippen LogP contribution >= 0.6 is 0 Å². The molecule has 11 heteroatoms. The summed E-state index contributed by atoms with van der Waals surface area (Å²) in [5, 5.41) is 13.7. The molecule has 0 fully saturated rings. The molecule has 0 unspecified atom stereocenters. The van der Waals surface area contributed by atoms with Crippen LogP contribution in [-0.2, 0) is 19.6 Å². The van der Waals surface area contributed by atoms with Gasteiger partial charge in [-0.05, 0) is 37.1 Å². The number of nitro benzene ring substituents is 1. The molecule has 10 nitrogen and oxygen atoms in total. The van der Waals surface area contributed by atoms with Crippen molar-refractivity contribution in [3.63, 3.8) is 0 Å². The number of benzene rings is 2. The molecule has 0 radical (unpaired) electrons. The number of rotatable bonds is 8. The molecular formula is C18H20N4O6S. The molecule has 0 aliphatic rings. The first-order valence-electron chi connectivity index (χ1n) is 8.51. The summed E-state index contributed by atoms with van der Waals surface area (Å²) in [5.41, 5.74) is 3.79. The van der Waals surface area contributed by atoms with Gasteiger partial charge in [0.25, 0.3) is 15.7 Å². The Balaban J connectivity index is 1.90. The summed E-state index contributed by atoms with van der Waals surface area (Å²) in [6.07, 6.45) is -0.456. The standard InChI is InChI=1S/C18H20N4O6S/c1-12-7-8-13(2)14(11-12)19-17(23)9-10-18(24)20-21-29(27,28)16-6-4-3-5-15(16)22(25)26/h3-8,11,21H,9-10H2,1-2H3,(H,19,23)(H,20,24). The van der Waals surface area contributed by atoms with Crippen molar-refractivity contribution in [3.05, 3.63) is 63.7 Å². The van der Waals surface area contributed by atoms with E-state index in [2.05, 4.69) is 5.32 Å². The number of nitro groups is 1. The van der Waals surface area contributed by atoms with Gasteiger partial charge in [-0.15, -0.1) is 4.83 Å². The zero-order chi connectivity index (χ0) is 21.6. The Hall–Kier alpha value is -3.31. The van der Waals surface area contributed by atoms with Gasteiger partial charge in [0, 0.05) is 24.6 Å². The van der Waals surface area contributed by atoms with Crippen molar-refractivity contribution in [1.82, 2.24) is 10.3 Å². The van der Waals surface area contributed by atoms with E-state index in [9.17, 15) is 28.1 Å². The fourth-order valence-electron chi connectivity index (χ4n) is 2.39.